The fraction of sp³-hybridized carbons (Fsp3) is 0.545. The van der Waals surface area contributed by atoms with E-state index in [0.29, 0.717) is 5.78 Å². The summed E-state index contributed by atoms with van der Waals surface area (Å²) in [5.74, 6) is 1.70. The van der Waals surface area contributed by atoms with Crippen LogP contribution in [0.15, 0.2) is 18.5 Å². The molecule has 1 fully saturated rings. The van der Waals surface area contributed by atoms with Gasteiger partial charge < -0.3 is 5.32 Å². The molecular formula is C11H15N5. The lowest BCUT2D eigenvalue weighted by Gasteiger charge is -2.32. The topological polar surface area (TPSA) is 55.1 Å². The third-order valence-electron chi connectivity index (χ3n) is 3.33. The van der Waals surface area contributed by atoms with Crippen LogP contribution in [0.2, 0.25) is 0 Å². The molecule has 1 atom stereocenters. The SMILES string of the molecule is CC1(c2nnc3ncccn23)CCCNC1. The van der Waals surface area contributed by atoms with Gasteiger partial charge in [-0.25, -0.2) is 4.98 Å². The summed E-state index contributed by atoms with van der Waals surface area (Å²) in [7, 11) is 0. The summed E-state index contributed by atoms with van der Waals surface area (Å²) in [6, 6.07) is 1.92. The molecule has 0 saturated carbocycles. The van der Waals surface area contributed by atoms with Gasteiger partial charge in [-0.3, -0.25) is 4.40 Å². The highest BCUT2D eigenvalue weighted by atomic mass is 15.3. The Morgan fingerprint density at radius 3 is 3.19 bits per heavy atom. The summed E-state index contributed by atoms with van der Waals surface area (Å²) >= 11 is 0. The summed E-state index contributed by atoms with van der Waals surface area (Å²) < 4.78 is 1.99. The Labute approximate surface area is 93.9 Å². The summed E-state index contributed by atoms with van der Waals surface area (Å²) in [6.07, 6.45) is 6.06. The van der Waals surface area contributed by atoms with E-state index in [4.69, 9.17) is 0 Å². The maximum atomic E-state index is 4.30. The average molecular weight is 217 g/mol. The minimum atomic E-state index is 0.0701. The molecule has 1 aliphatic heterocycles. The number of aromatic nitrogens is 4. The van der Waals surface area contributed by atoms with Crippen molar-refractivity contribution in [1.29, 1.82) is 0 Å². The van der Waals surface area contributed by atoms with Crippen molar-refractivity contribution in [3.8, 4) is 0 Å². The van der Waals surface area contributed by atoms with Gasteiger partial charge in [0, 0.05) is 24.4 Å². The fourth-order valence-corrected chi connectivity index (χ4v) is 2.40. The average Bonchev–Trinajstić information content (AvgIpc) is 2.74. The second-order valence-corrected chi connectivity index (χ2v) is 4.65. The predicted molar refractivity (Wildman–Crippen MR) is 60.2 cm³/mol. The highest BCUT2D eigenvalue weighted by molar-refractivity contribution is 5.29. The Morgan fingerprint density at radius 2 is 2.38 bits per heavy atom. The molecule has 5 heteroatoms. The second-order valence-electron chi connectivity index (χ2n) is 4.65. The fourth-order valence-electron chi connectivity index (χ4n) is 2.40. The van der Waals surface area contributed by atoms with Gasteiger partial charge >= 0.3 is 0 Å². The van der Waals surface area contributed by atoms with E-state index in [1.54, 1.807) is 6.20 Å². The number of piperidine rings is 1. The zero-order valence-electron chi connectivity index (χ0n) is 9.35. The van der Waals surface area contributed by atoms with Crippen molar-refractivity contribution in [2.75, 3.05) is 13.1 Å². The number of hydrogen-bond donors (Lipinski definition) is 1. The Balaban J connectivity index is 2.11. The molecule has 84 valence electrons. The van der Waals surface area contributed by atoms with Gasteiger partial charge in [0.2, 0.25) is 0 Å². The molecule has 3 heterocycles. The molecular weight excluding hydrogens is 202 g/mol. The zero-order valence-corrected chi connectivity index (χ0v) is 9.35. The Hall–Kier alpha value is -1.49. The van der Waals surface area contributed by atoms with E-state index < -0.39 is 0 Å². The molecule has 0 radical (unpaired) electrons. The zero-order chi connectivity index (χ0) is 11.0. The smallest absolute Gasteiger partial charge is 0.254 e. The van der Waals surface area contributed by atoms with E-state index in [0.717, 1.165) is 25.3 Å². The van der Waals surface area contributed by atoms with Gasteiger partial charge in [0.05, 0.1) is 0 Å². The molecule has 0 spiro atoms. The molecule has 1 aliphatic rings. The van der Waals surface area contributed by atoms with Gasteiger partial charge in [0.1, 0.15) is 5.82 Å². The van der Waals surface area contributed by atoms with E-state index in [-0.39, 0.29) is 5.41 Å². The van der Waals surface area contributed by atoms with Gasteiger partial charge in [-0.05, 0) is 25.5 Å². The molecule has 16 heavy (non-hydrogen) atoms. The Morgan fingerprint density at radius 1 is 1.44 bits per heavy atom. The molecule has 0 aromatic carbocycles. The minimum absolute atomic E-state index is 0.0701. The predicted octanol–water partition coefficient (Wildman–Crippen LogP) is 0.765. The first-order valence-corrected chi connectivity index (χ1v) is 5.67. The summed E-state index contributed by atoms with van der Waals surface area (Å²) in [5.41, 5.74) is 0.0701. The van der Waals surface area contributed by atoms with Gasteiger partial charge in [-0.1, -0.05) is 6.92 Å². The summed E-state index contributed by atoms with van der Waals surface area (Å²) in [5, 5.41) is 11.8. The van der Waals surface area contributed by atoms with E-state index in [2.05, 4.69) is 27.4 Å². The van der Waals surface area contributed by atoms with Crippen molar-refractivity contribution < 1.29 is 0 Å². The van der Waals surface area contributed by atoms with Crippen LogP contribution >= 0.6 is 0 Å². The van der Waals surface area contributed by atoms with Crippen molar-refractivity contribution in [2.45, 2.75) is 25.2 Å². The molecule has 0 bridgehead atoms. The highest BCUT2D eigenvalue weighted by Crippen LogP contribution is 2.28. The largest absolute Gasteiger partial charge is 0.316 e. The summed E-state index contributed by atoms with van der Waals surface area (Å²) in [6.45, 7) is 4.30. The quantitative estimate of drug-likeness (QED) is 0.766. The molecule has 1 N–H and O–H groups in total. The maximum absolute atomic E-state index is 4.30. The van der Waals surface area contributed by atoms with E-state index >= 15 is 0 Å². The molecule has 0 aliphatic carbocycles. The van der Waals surface area contributed by atoms with Crippen LogP contribution in [0.3, 0.4) is 0 Å². The Kier molecular flexibility index (Phi) is 2.14. The highest BCUT2D eigenvalue weighted by Gasteiger charge is 2.33. The van der Waals surface area contributed by atoms with Gasteiger partial charge in [0.15, 0.2) is 0 Å². The number of rotatable bonds is 1. The molecule has 5 nitrogen and oxygen atoms in total. The van der Waals surface area contributed by atoms with Crippen LogP contribution in [0.4, 0.5) is 0 Å². The van der Waals surface area contributed by atoms with Crippen LogP contribution in [-0.4, -0.2) is 32.7 Å². The monoisotopic (exact) mass is 217 g/mol. The lowest BCUT2D eigenvalue weighted by molar-refractivity contribution is 0.321. The van der Waals surface area contributed by atoms with Crippen LogP contribution in [-0.2, 0) is 5.41 Å². The van der Waals surface area contributed by atoms with Crippen molar-refractivity contribution in [3.63, 3.8) is 0 Å². The lowest BCUT2D eigenvalue weighted by atomic mass is 9.82. The first kappa shape index (κ1) is 9.72. The van der Waals surface area contributed by atoms with Crippen molar-refractivity contribution in [2.24, 2.45) is 0 Å². The molecule has 2 aromatic rings. The molecule has 3 rings (SSSR count). The van der Waals surface area contributed by atoms with Crippen molar-refractivity contribution in [3.05, 3.63) is 24.3 Å². The third-order valence-corrected chi connectivity index (χ3v) is 3.33. The number of nitrogens with one attached hydrogen (secondary N) is 1. The third kappa shape index (κ3) is 1.39. The Bertz CT molecular complexity index is 498. The number of nitrogens with zero attached hydrogens (tertiary/aromatic N) is 4. The van der Waals surface area contributed by atoms with E-state index in [1.165, 1.54) is 6.42 Å². The number of hydrogen-bond acceptors (Lipinski definition) is 4. The normalized spacial score (nSPS) is 26.1. The lowest BCUT2D eigenvalue weighted by Crippen LogP contribution is -2.42. The van der Waals surface area contributed by atoms with Crippen LogP contribution in [0.5, 0.6) is 0 Å². The van der Waals surface area contributed by atoms with Gasteiger partial charge in [-0.2, -0.15) is 0 Å². The maximum Gasteiger partial charge on any atom is 0.254 e. The van der Waals surface area contributed by atoms with Crippen molar-refractivity contribution >= 4 is 5.78 Å². The minimum Gasteiger partial charge on any atom is -0.316 e. The summed E-state index contributed by atoms with van der Waals surface area (Å²) in [4.78, 5) is 4.20. The van der Waals surface area contributed by atoms with E-state index in [1.807, 2.05) is 16.7 Å². The molecule has 0 amide bonds. The van der Waals surface area contributed by atoms with Crippen LogP contribution < -0.4 is 5.32 Å². The van der Waals surface area contributed by atoms with Gasteiger partial charge in [-0.15, -0.1) is 10.2 Å². The van der Waals surface area contributed by atoms with Gasteiger partial charge in [0.25, 0.3) is 5.78 Å². The first-order valence-electron chi connectivity index (χ1n) is 5.67. The molecule has 2 aromatic heterocycles. The standard InChI is InChI=1S/C11H15N5/c1-11(4-2-5-12-8-11)9-14-15-10-13-6-3-7-16(9)10/h3,6-7,12H,2,4-5,8H2,1H3. The molecule has 1 saturated heterocycles. The van der Waals surface area contributed by atoms with Crippen LogP contribution in [0.1, 0.15) is 25.6 Å². The molecule has 1 unspecified atom stereocenters. The van der Waals surface area contributed by atoms with Crippen LogP contribution in [0, 0.1) is 0 Å². The van der Waals surface area contributed by atoms with E-state index in [9.17, 15) is 0 Å². The van der Waals surface area contributed by atoms with Crippen molar-refractivity contribution in [1.82, 2.24) is 24.9 Å². The van der Waals surface area contributed by atoms with Crippen LogP contribution in [0.25, 0.3) is 5.78 Å². The second kappa shape index (κ2) is 3.52. The first-order chi connectivity index (χ1) is 7.80. The number of fused-ring (bicyclic) bond motifs is 1.